The Morgan fingerprint density at radius 2 is 1.68 bits per heavy atom. The molecule has 0 radical (unpaired) electrons. The Balaban J connectivity index is 1.54. The van der Waals surface area contributed by atoms with Gasteiger partial charge in [-0.3, -0.25) is 4.79 Å². The Morgan fingerprint density at radius 3 is 2.43 bits per heavy atom. The van der Waals surface area contributed by atoms with Gasteiger partial charge in [-0.25, -0.2) is 5.43 Å². The molecule has 0 aromatic heterocycles. The predicted octanol–water partition coefficient (Wildman–Crippen LogP) is 5.05. The quantitative estimate of drug-likeness (QED) is 0.450. The summed E-state index contributed by atoms with van der Waals surface area (Å²) in [7, 11) is 0. The average Bonchev–Trinajstić information content (AvgIpc) is 2.71. The monoisotopic (exact) mass is 394 g/mol. The molecule has 0 saturated carbocycles. The predicted molar refractivity (Wildman–Crippen MR) is 110 cm³/mol. The van der Waals surface area contributed by atoms with E-state index >= 15 is 0 Å². The Labute approximate surface area is 168 Å². The van der Waals surface area contributed by atoms with Crippen molar-refractivity contribution in [3.05, 3.63) is 89.4 Å². The van der Waals surface area contributed by atoms with Crippen molar-refractivity contribution < 1.29 is 14.3 Å². The van der Waals surface area contributed by atoms with Crippen molar-refractivity contribution in [2.24, 2.45) is 5.10 Å². The molecule has 1 N–H and O–H groups in total. The molecule has 5 nitrogen and oxygen atoms in total. The van der Waals surface area contributed by atoms with E-state index in [0.717, 1.165) is 11.3 Å². The molecular formula is C22H19ClN2O3. The van der Waals surface area contributed by atoms with Gasteiger partial charge < -0.3 is 9.47 Å². The van der Waals surface area contributed by atoms with Crippen LogP contribution >= 0.6 is 11.6 Å². The van der Waals surface area contributed by atoms with Crippen molar-refractivity contribution in [1.29, 1.82) is 0 Å². The minimum atomic E-state index is -0.703. The van der Waals surface area contributed by atoms with Crippen molar-refractivity contribution in [1.82, 2.24) is 5.43 Å². The molecule has 6 heteroatoms. The number of para-hydroxylation sites is 1. The standard InChI is InChI=1S/C22H19ClN2O3/c1-16(27-20-12-10-18(23)11-13-20)22(26)25-24-15-17-6-5-9-21(14-17)28-19-7-3-2-4-8-19/h2-16H,1H3,(H,25,26)/b24-15+. The lowest BCUT2D eigenvalue weighted by Gasteiger charge is -2.12. The summed E-state index contributed by atoms with van der Waals surface area (Å²) in [6.07, 6.45) is 0.844. The van der Waals surface area contributed by atoms with Crippen LogP contribution in [0.2, 0.25) is 5.02 Å². The third-order valence-corrected chi connectivity index (χ3v) is 3.97. The van der Waals surface area contributed by atoms with Crippen LogP contribution in [-0.4, -0.2) is 18.2 Å². The molecule has 0 bridgehead atoms. The van der Waals surface area contributed by atoms with E-state index in [4.69, 9.17) is 21.1 Å². The number of carbonyl (C=O) groups is 1. The summed E-state index contributed by atoms with van der Waals surface area (Å²) in [5.41, 5.74) is 3.26. The fourth-order valence-electron chi connectivity index (χ4n) is 2.32. The summed E-state index contributed by atoms with van der Waals surface area (Å²) in [6, 6.07) is 23.7. The molecular weight excluding hydrogens is 376 g/mol. The van der Waals surface area contributed by atoms with Crippen molar-refractivity contribution in [2.45, 2.75) is 13.0 Å². The average molecular weight is 395 g/mol. The summed E-state index contributed by atoms with van der Waals surface area (Å²) < 4.78 is 11.3. The first-order valence-corrected chi connectivity index (χ1v) is 9.06. The van der Waals surface area contributed by atoms with E-state index in [1.165, 1.54) is 0 Å². The van der Waals surface area contributed by atoms with E-state index in [2.05, 4.69) is 10.5 Å². The smallest absolute Gasteiger partial charge is 0.280 e. The van der Waals surface area contributed by atoms with Gasteiger partial charge in [-0.2, -0.15) is 5.10 Å². The maximum atomic E-state index is 12.1. The fraction of sp³-hybridized carbons (Fsp3) is 0.0909. The molecule has 3 aromatic carbocycles. The van der Waals surface area contributed by atoms with Gasteiger partial charge in [0, 0.05) is 5.02 Å². The van der Waals surface area contributed by atoms with E-state index in [-0.39, 0.29) is 5.91 Å². The number of benzene rings is 3. The SMILES string of the molecule is CC(Oc1ccc(Cl)cc1)C(=O)N/N=C/c1cccc(Oc2ccccc2)c1. The largest absolute Gasteiger partial charge is 0.481 e. The van der Waals surface area contributed by atoms with Crippen molar-refractivity contribution in [2.75, 3.05) is 0 Å². The second-order valence-corrected chi connectivity index (χ2v) is 6.37. The summed E-state index contributed by atoms with van der Waals surface area (Å²) in [5.74, 6) is 1.63. The number of hydrogen-bond acceptors (Lipinski definition) is 4. The first-order chi connectivity index (χ1) is 13.6. The molecule has 0 aliphatic heterocycles. The zero-order valence-corrected chi connectivity index (χ0v) is 16.0. The van der Waals surface area contributed by atoms with Gasteiger partial charge in [0.2, 0.25) is 0 Å². The number of nitrogens with zero attached hydrogens (tertiary/aromatic N) is 1. The van der Waals surface area contributed by atoms with E-state index in [1.54, 1.807) is 37.4 Å². The molecule has 0 fully saturated rings. The second-order valence-electron chi connectivity index (χ2n) is 5.94. The molecule has 0 aliphatic rings. The molecule has 1 unspecified atom stereocenters. The Kier molecular flexibility index (Phi) is 6.65. The first kappa shape index (κ1) is 19.5. The van der Waals surface area contributed by atoms with Gasteiger partial charge in [0.25, 0.3) is 5.91 Å². The summed E-state index contributed by atoms with van der Waals surface area (Å²) >= 11 is 5.83. The van der Waals surface area contributed by atoms with Gasteiger partial charge in [0.15, 0.2) is 6.10 Å². The Morgan fingerprint density at radius 1 is 0.964 bits per heavy atom. The molecule has 28 heavy (non-hydrogen) atoms. The van der Waals surface area contributed by atoms with Crippen molar-refractivity contribution in [3.8, 4) is 17.2 Å². The van der Waals surface area contributed by atoms with Gasteiger partial charge in [-0.05, 0) is 61.0 Å². The van der Waals surface area contributed by atoms with Crippen LogP contribution in [0.1, 0.15) is 12.5 Å². The van der Waals surface area contributed by atoms with Gasteiger partial charge in [-0.1, -0.05) is 41.9 Å². The molecule has 0 heterocycles. The summed E-state index contributed by atoms with van der Waals surface area (Å²) in [6.45, 7) is 1.65. The molecule has 0 aliphatic carbocycles. The normalized spacial score (nSPS) is 11.8. The van der Waals surface area contributed by atoms with Crippen LogP contribution in [0.3, 0.4) is 0 Å². The highest BCUT2D eigenvalue weighted by molar-refractivity contribution is 6.30. The number of ether oxygens (including phenoxy) is 2. The molecule has 0 saturated heterocycles. The van der Waals surface area contributed by atoms with Crippen LogP contribution in [-0.2, 0) is 4.79 Å². The lowest BCUT2D eigenvalue weighted by molar-refractivity contribution is -0.127. The molecule has 1 amide bonds. The number of hydrogen-bond donors (Lipinski definition) is 1. The van der Waals surface area contributed by atoms with E-state index in [9.17, 15) is 4.79 Å². The van der Waals surface area contributed by atoms with E-state index in [1.807, 2.05) is 54.6 Å². The highest BCUT2D eigenvalue weighted by Crippen LogP contribution is 2.21. The minimum Gasteiger partial charge on any atom is -0.481 e. The van der Waals surface area contributed by atoms with Crippen molar-refractivity contribution >= 4 is 23.7 Å². The number of hydrazone groups is 1. The lowest BCUT2D eigenvalue weighted by atomic mass is 10.2. The van der Waals surface area contributed by atoms with Gasteiger partial charge in [0.1, 0.15) is 17.2 Å². The number of halogens is 1. The number of rotatable bonds is 7. The van der Waals surface area contributed by atoms with Crippen molar-refractivity contribution in [3.63, 3.8) is 0 Å². The fourth-order valence-corrected chi connectivity index (χ4v) is 2.44. The van der Waals surface area contributed by atoms with E-state index in [0.29, 0.717) is 16.5 Å². The second kappa shape index (κ2) is 9.58. The third-order valence-electron chi connectivity index (χ3n) is 3.72. The molecule has 1 atom stereocenters. The van der Waals surface area contributed by atoms with Crippen LogP contribution in [0, 0.1) is 0 Å². The topological polar surface area (TPSA) is 59.9 Å². The first-order valence-electron chi connectivity index (χ1n) is 8.68. The lowest BCUT2D eigenvalue weighted by Crippen LogP contribution is -2.33. The molecule has 142 valence electrons. The van der Waals surface area contributed by atoms with E-state index < -0.39 is 6.10 Å². The Bertz CT molecular complexity index is 944. The molecule has 0 spiro atoms. The third kappa shape index (κ3) is 5.86. The van der Waals surface area contributed by atoms with Gasteiger partial charge in [-0.15, -0.1) is 0 Å². The highest BCUT2D eigenvalue weighted by Gasteiger charge is 2.13. The summed E-state index contributed by atoms with van der Waals surface area (Å²) in [4.78, 5) is 12.1. The maximum Gasteiger partial charge on any atom is 0.280 e. The van der Waals surface area contributed by atoms with Crippen LogP contribution in [0.5, 0.6) is 17.2 Å². The zero-order chi connectivity index (χ0) is 19.8. The number of amides is 1. The number of carbonyl (C=O) groups excluding carboxylic acids is 1. The number of nitrogens with one attached hydrogen (secondary N) is 1. The Hall–Kier alpha value is -3.31. The summed E-state index contributed by atoms with van der Waals surface area (Å²) in [5, 5.41) is 4.59. The molecule has 3 rings (SSSR count). The van der Waals surface area contributed by atoms with Crippen LogP contribution in [0.15, 0.2) is 84.0 Å². The van der Waals surface area contributed by atoms with Gasteiger partial charge in [0.05, 0.1) is 6.21 Å². The zero-order valence-electron chi connectivity index (χ0n) is 15.2. The van der Waals surface area contributed by atoms with Crippen LogP contribution in [0.25, 0.3) is 0 Å². The molecule has 3 aromatic rings. The minimum absolute atomic E-state index is 0.358. The van der Waals surface area contributed by atoms with Gasteiger partial charge >= 0.3 is 0 Å². The van der Waals surface area contributed by atoms with Crippen LogP contribution < -0.4 is 14.9 Å². The van der Waals surface area contributed by atoms with Crippen LogP contribution in [0.4, 0.5) is 0 Å². The highest BCUT2D eigenvalue weighted by atomic mass is 35.5. The maximum absolute atomic E-state index is 12.1.